The Hall–Kier alpha value is -3.89. The zero-order chi connectivity index (χ0) is 23.7. The van der Waals surface area contributed by atoms with Crippen LogP contribution in [0.3, 0.4) is 0 Å². The number of nitrogens with two attached hydrogens (primary N) is 1. The van der Waals surface area contributed by atoms with Crippen LogP contribution < -0.4 is 10.5 Å². The van der Waals surface area contributed by atoms with Crippen LogP contribution >= 0.6 is 0 Å². The molecule has 3 heterocycles. The topological polar surface area (TPSA) is 86.3 Å². The first-order valence-corrected chi connectivity index (χ1v) is 9.88. The fourth-order valence-electron chi connectivity index (χ4n) is 4.18. The van der Waals surface area contributed by atoms with Gasteiger partial charge in [0.25, 0.3) is 5.91 Å². The molecule has 0 saturated heterocycles. The molecule has 0 aliphatic carbocycles. The Balaban J connectivity index is 1.54. The number of hydrogen-bond donors (Lipinski definition) is 1. The van der Waals surface area contributed by atoms with Gasteiger partial charge in [-0.25, -0.2) is 9.37 Å². The molecular weight excluding hydrogens is 442 g/mol. The van der Waals surface area contributed by atoms with Crippen molar-refractivity contribution in [2.45, 2.75) is 12.2 Å². The van der Waals surface area contributed by atoms with Crippen LogP contribution in [0, 0.1) is 5.82 Å². The minimum absolute atomic E-state index is 0.0111. The van der Waals surface area contributed by atoms with E-state index in [1.165, 1.54) is 35.0 Å². The number of hydrogen-bond acceptors (Lipinski definition) is 5. The van der Waals surface area contributed by atoms with Crippen LogP contribution in [-0.2, 0) is 13.2 Å². The number of likely N-dealkylation sites (N-methyl/N-ethyl adjacent to an activating group) is 1. The van der Waals surface area contributed by atoms with Crippen molar-refractivity contribution in [1.29, 1.82) is 0 Å². The van der Waals surface area contributed by atoms with Gasteiger partial charge in [0.1, 0.15) is 29.5 Å². The highest BCUT2D eigenvalue weighted by atomic mass is 19.4. The molecule has 0 fully saturated rings. The molecule has 0 bridgehead atoms. The highest BCUT2D eigenvalue weighted by molar-refractivity contribution is 6.10. The van der Waals surface area contributed by atoms with Crippen LogP contribution in [0.5, 0.6) is 5.75 Å². The number of aryl methyl sites for hydroxylation is 1. The van der Waals surface area contributed by atoms with Gasteiger partial charge in [0.2, 0.25) is 0 Å². The third-order valence-electron chi connectivity index (χ3n) is 5.90. The number of aromatic nitrogens is 3. The van der Waals surface area contributed by atoms with E-state index in [-0.39, 0.29) is 29.3 Å². The van der Waals surface area contributed by atoms with E-state index in [4.69, 9.17) is 10.5 Å². The van der Waals surface area contributed by atoms with Gasteiger partial charge in [-0.1, -0.05) is 6.07 Å². The van der Waals surface area contributed by atoms with Gasteiger partial charge < -0.3 is 15.4 Å². The standard InChI is InChI=1S/C22H17F4N5O2/c1-30(16-9-33-17-7-11(22(24,25)26)3-4-12(16)17)21(32)10-5-13-18(15(23)6-10)29-20(27)14-8-28-31(2)19(13)14/h3-8,16H,9H2,1-2H3,(H2,27,29)/t16-/m1/s1. The minimum Gasteiger partial charge on any atom is -0.491 e. The first kappa shape index (κ1) is 21.0. The van der Waals surface area contributed by atoms with E-state index >= 15 is 0 Å². The van der Waals surface area contributed by atoms with Gasteiger partial charge >= 0.3 is 6.18 Å². The van der Waals surface area contributed by atoms with Gasteiger partial charge in [-0.15, -0.1) is 0 Å². The molecule has 2 aromatic carbocycles. The molecule has 1 amide bonds. The normalized spacial score (nSPS) is 15.6. The predicted octanol–water partition coefficient (Wildman–Crippen LogP) is 4.07. The number of pyridine rings is 1. The number of amides is 1. The molecule has 33 heavy (non-hydrogen) atoms. The van der Waals surface area contributed by atoms with Crippen molar-refractivity contribution < 1.29 is 27.1 Å². The highest BCUT2D eigenvalue weighted by Crippen LogP contribution is 2.40. The third-order valence-corrected chi connectivity index (χ3v) is 5.90. The van der Waals surface area contributed by atoms with E-state index in [1.54, 1.807) is 7.05 Å². The summed E-state index contributed by atoms with van der Waals surface area (Å²) in [5, 5.41) is 5.04. The third kappa shape index (κ3) is 3.22. The molecule has 0 spiro atoms. The molecular formula is C22H17F4N5O2. The Morgan fingerprint density at radius 3 is 2.73 bits per heavy atom. The average molecular weight is 459 g/mol. The van der Waals surface area contributed by atoms with E-state index < -0.39 is 29.5 Å². The van der Waals surface area contributed by atoms with Gasteiger partial charge in [-0.3, -0.25) is 9.48 Å². The molecule has 0 unspecified atom stereocenters. The second kappa shape index (κ2) is 7.06. The molecule has 170 valence electrons. The van der Waals surface area contributed by atoms with Crippen molar-refractivity contribution in [1.82, 2.24) is 19.7 Å². The van der Waals surface area contributed by atoms with Crippen LogP contribution in [0.2, 0.25) is 0 Å². The van der Waals surface area contributed by atoms with Crippen molar-refractivity contribution in [3.63, 3.8) is 0 Å². The van der Waals surface area contributed by atoms with Crippen LogP contribution in [0.25, 0.3) is 21.8 Å². The molecule has 1 atom stereocenters. The number of fused-ring (bicyclic) bond motifs is 4. The van der Waals surface area contributed by atoms with E-state index in [0.29, 0.717) is 21.9 Å². The highest BCUT2D eigenvalue weighted by Gasteiger charge is 2.36. The number of halogens is 4. The number of benzene rings is 2. The number of alkyl halides is 3. The molecule has 11 heteroatoms. The van der Waals surface area contributed by atoms with Gasteiger partial charge in [-0.2, -0.15) is 18.3 Å². The van der Waals surface area contributed by atoms with Crippen molar-refractivity contribution in [3.8, 4) is 5.75 Å². The van der Waals surface area contributed by atoms with Crippen molar-refractivity contribution in [2.24, 2.45) is 7.05 Å². The number of carbonyl (C=O) groups is 1. The maximum Gasteiger partial charge on any atom is 0.416 e. The largest absolute Gasteiger partial charge is 0.491 e. The van der Waals surface area contributed by atoms with E-state index in [1.807, 2.05) is 0 Å². The Morgan fingerprint density at radius 2 is 2.00 bits per heavy atom. The SMILES string of the molecule is CN(C(=O)c1cc(F)c2nc(N)c3cnn(C)c3c2c1)[C@@H]1COc2cc(C(F)(F)F)ccc21. The van der Waals surface area contributed by atoms with Gasteiger partial charge in [-0.05, 0) is 24.3 Å². The zero-order valence-corrected chi connectivity index (χ0v) is 17.4. The lowest BCUT2D eigenvalue weighted by atomic mass is 10.0. The maximum absolute atomic E-state index is 14.9. The Kier molecular flexibility index (Phi) is 4.49. The number of anilines is 1. The van der Waals surface area contributed by atoms with Gasteiger partial charge in [0.15, 0.2) is 0 Å². The fraction of sp³-hybridized carbons (Fsp3) is 0.227. The van der Waals surface area contributed by atoms with Crippen molar-refractivity contribution in [3.05, 3.63) is 59.0 Å². The molecule has 4 aromatic rings. The zero-order valence-electron chi connectivity index (χ0n) is 17.4. The molecule has 1 aliphatic heterocycles. The number of nitrogens with zero attached hydrogens (tertiary/aromatic N) is 4. The van der Waals surface area contributed by atoms with Crippen LogP contribution in [0.1, 0.15) is 27.5 Å². The average Bonchev–Trinajstić information content (AvgIpc) is 3.36. The number of carbonyl (C=O) groups excluding carboxylic acids is 1. The van der Waals surface area contributed by atoms with Crippen LogP contribution in [-0.4, -0.2) is 39.2 Å². The molecule has 2 aromatic heterocycles. The predicted molar refractivity (Wildman–Crippen MR) is 112 cm³/mol. The second-order valence-corrected chi connectivity index (χ2v) is 7.87. The van der Waals surface area contributed by atoms with E-state index in [9.17, 15) is 22.4 Å². The molecule has 1 aliphatic rings. The second-order valence-electron chi connectivity index (χ2n) is 7.87. The number of ether oxygens (including phenoxy) is 1. The van der Waals surface area contributed by atoms with Crippen molar-refractivity contribution in [2.75, 3.05) is 19.4 Å². The van der Waals surface area contributed by atoms with Gasteiger partial charge in [0.05, 0.1) is 28.7 Å². The maximum atomic E-state index is 14.9. The van der Waals surface area contributed by atoms with E-state index in [2.05, 4.69) is 10.1 Å². The lowest BCUT2D eigenvalue weighted by Crippen LogP contribution is -2.32. The summed E-state index contributed by atoms with van der Waals surface area (Å²) in [7, 11) is 3.16. The first-order valence-electron chi connectivity index (χ1n) is 9.88. The number of nitrogen functional groups attached to an aromatic ring is 1. The quantitative estimate of drug-likeness (QED) is 0.457. The lowest BCUT2D eigenvalue weighted by molar-refractivity contribution is -0.137. The van der Waals surface area contributed by atoms with Crippen molar-refractivity contribution >= 4 is 33.5 Å². The van der Waals surface area contributed by atoms with Crippen LogP contribution in [0.15, 0.2) is 36.5 Å². The summed E-state index contributed by atoms with van der Waals surface area (Å²) in [5.41, 5.74) is 6.13. The summed E-state index contributed by atoms with van der Waals surface area (Å²) < 4.78 is 60.9. The van der Waals surface area contributed by atoms with E-state index in [0.717, 1.165) is 18.2 Å². The molecule has 0 radical (unpaired) electrons. The monoisotopic (exact) mass is 459 g/mol. The molecule has 5 rings (SSSR count). The Labute approximate surface area is 184 Å². The lowest BCUT2D eigenvalue weighted by Gasteiger charge is -2.24. The molecule has 0 saturated carbocycles. The summed E-state index contributed by atoms with van der Waals surface area (Å²) >= 11 is 0. The molecule has 2 N–H and O–H groups in total. The smallest absolute Gasteiger partial charge is 0.416 e. The summed E-state index contributed by atoms with van der Waals surface area (Å²) in [6.07, 6.45) is -2.99. The number of rotatable bonds is 2. The summed E-state index contributed by atoms with van der Waals surface area (Å²) in [5.74, 6) is -1.06. The Morgan fingerprint density at radius 1 is 1.24 bits per heavy atom. The first-order chi connectivity index (χ1) is 15.6. The van der Waals surface area contributed by atoms with Crippen LogP contribution in [0.4, 0.5) is 23.4 Å². The molecule has 7 nitrogen and oxygen atoms in total. The Bertz CT molecular complexity index is 1450. The summed E-state index contributed by atoms with van der Waals surface area (Å²) in [6.45, 7) is -0.0149. The van der Waals surface area contributed by atoms with Gasteiger partial charge in [0, 0.05) is 30.6 Å². The fourth-order valence-corrected chi connectivity index (χ4v) is 4.18. The summed E-state index contributed by atoms with van der Waals surface area (Å²) in [4.78, 5) is 18.7. The minimum atomic E-state index is -4.50. The summed E-state index contributed by atoms with van der Waals surface area (Å²) in [6, 6.07) is 5.11.